The molecule has 3 rings (SSSR count). The van der Waals surface area contributed by atoms with Gasteiger partial charge in [0.1, 0.15) is 0 Å². The Bertz CT molecular complexity index is 925. The fraction of sp³-hybridized carbons (Fsp3) is 0.423. The van der Waals surface area contributed by atoms with E-state index >= 15 is 0 Å². The van der Waals surface area contributed by atoms with Crippen molar-refractivity contribution in [3.63, 3.8) is 0 Å². The predicted octanol–water partition coefficient (Wildman–Crippen LogP) is 7.65. The summed E-state index contributed by atoms with van der Waals surface area (Å²) in [6, 6.07) is 12.7. The van der Waals surface area contributed by atoms with Crippen LogP contribution in [0.1, 0.15) is 51.2 Å². The zero-order valence-corrected chi connectivity index (χ0v) is 21.6. The summed E-state index contributed by atoms with van der Waals surface area (Å²) in [4.78, 5) is 14.1. The van der Waals surface area contributed by atoms with Crippen LogP contribution in [0.15, 0.2) is 58.4 Å². The van der Waals surface area contributed by atoms with E-state index in [9.17, 15) is 18.0 Å². The van der Waals surface area contributed by atoms with Crippen molar-refractivity contribution in [2.45, 2.75) is 45.6 Å². The molecule has 1 unspecified atom stereocenters. The van der Waals surface area contributed by atoms with E-state index in [0.29, 0.717) is 8.98 Å². The second-order valence-electron chi connectivity index (χ2n) is 9.31. The third-order valence-corrected chi connectivity index (χ3v) is 11.0. The van der Waals surface area contributed by atoms with Crippen LogP contribution < -0.4 is 0 Å². The number of rotatable bonds is 6. The zero-order chi connectivity index (χ0) is 24.2. The molecule has 1 amide bonds. The van der Waals surface area contributed by atoms with Crippen LogP contribution in [0.2, 0.25) is 0 Å². The monoisotopic (exact) mass is 573 g/mol. The fourth-order valence-corrected chi connectivity index (χ4v) is 9.12. The molecule has 1 aliphatic heterocycles. The SMILES string of the molecule is CC(CCI1CN(C(=O)OC(C)(C)C)CC=C1F)C(c1ccc(F)cc1)c1ccc(F)cc1. The molecule has 0 N–H and O–H groups in total. The van der Waals surface area contributed by atoms with Gasteiger partial charge in [-0.05, 0) is 0 Å². The van der Waals surface area contributed by atoms with Gasteiger partial charge in [-0.25, -0.2) is 0 Å². The first-order chi connectivity index (χ1) is 15.5. The van der Waals surface area contributed by atoms with E-state index in [0.717, 1.165) is 17.5 Å². The number of halogens is 4. The van der Waals surface area contributed by atoms with E-state index in [1.807, 2.05) is 20.8 Å². The summed E-state index contributed by atoms with van der Waals surface area (Å²) in [7, 11) is 0. The Morgan fingerprint density at radius 2 is 1.52 bits per heavy atom. The first-order valence-electron chi connectivity index (χ1n) is 11.0. The molecule has 2 aromatic carbocycles. The van der Waals surface area contributed by atoms with Crippen LogP contribution in [-0.2, 0) is 4.74 Å². The predicted molar refractivity (Wildman–Crippen MR) is 134 cm³/mol. The molecule has 0 fully saturated rings. The quantitative estimate of drug-likeness (QED) is 0.202. The molecule has 0 spiro atoms. The van der Waals surface area contributed by atoms with Crippen LogP contribution in [0, 0.1) is 17.6 Å². The van der Waals surface area contributed by atoms with Crippen molar-refractivity contribution >= 4 is 25.9 Å². The van der Waals surface area contributed by atoms with E-state index in [1.165, 1.54) is 30.3 Å². The molecule has 1 atom stereocenters. The van der Waals surface area contributed by atoms with E-state index < -0.39 is 31.5 Å². The van der Waals surface area contributed by atoms with Crippen molar-refractivity contribution in [3.05, 3.63) is 81.2 Å². The molecule has 1 aliphatic rings. The van der Waals surface area contributed by atoms with Crippen LogP contribution in [0.4, 0.5) is 18.0 Å². The zero-order valence-electron chi connectivity index (χ0n) is 19.5. The van der Waals surface area contributed by atoms with Gasteiger partial charge in [0.25, 0.3) is 0 Å². The van der Waals surface area contributed by atoms with Gasteiger partial charge in [0.05, 0.1) is 0 Å². The first kappa shape index (κ1) is 25.6. The van der Waals surface area contributed by atoms with Crippen molar-refractivity contribution in [2.75, 3.05) is 15.5 Å². The van der Waals surface area contributed by atoms with Gasteiger partial charge in [-0.1, -0.05) is 0 Å². The summed E-state index contributed by atoms with van der Waals surface area (Å²) < 4.78 is 48.2. The Kier molecular flexibility index (Phi) is 8.48. The Hall–Kier alpha value is -2.03. The minimum atomic E-state index is -2.21. The van der Waals surface area contributed by atoms with Gasteiger partial charge < -0.3 is 0 Å². The summed E-state index contributed by atoms with van der Waals surface area (Å²) in [6.07, 6.45) is 1.85. The third-order valence-electron chi connectivity index (χ3n) is 5.48. The van der Waals surface area contributed by atoms with E-state index in [4.69, 9.17) is 4.74 Å². The summed E-state index contributed by atoms with van der Waals surface area (Å²) in [5, 5.41) is 0. The molecule has 7 heteroatoms. The van der Waals surface area contributed by atoms with Crippen molar-refractivity contribution in [2.24, 2.45) is 5.92 Å². The number of ether oxygens (including phenoxy) is 1. The topological polar surface area (TPSA) is 29.5 Å². The number of nitrogens with zero attached hydrogens (tertiary/aromatic N) is 1. The normalized spacial score (nSPS) is 16.5. The number of hydrogen-bond acceptors (Lipinski definition) is 2. The van der Waals surface area contributed by atoms with Crippen LogP contribution in [-0.4, -0.2) is 32.1 Å². The van der Waals surface area contributed by atoms with E-state index in [1.54, 1.807) is 29.2 Å². The van der Waals surface area contributed by atoms with Gasteiger partial charge in [0.2, 0.25) is 0 Å². The van der Waals surface area contributed by atoms with Crippen molar-refractivity contribution in [3.8, 4) is 0 Å². The molecule has 0 aliphatic carbocycles. The molecule has 0 saturated carbocycles. The second-order valence-corrected chi connectivity index (χ2v) is 14.7. The number of carbonyl (C=O) groups excluding carboxylic acids is 1. The first-order valence-corrected chi connectivity index (χ1v) is 15.1. The van der Waals surface area contributed by atoms with Crippen LogP contribution in [0.3, 0.4) is 0 Å². The van der Waals surface area contributed by atoms with Gasteiger partial charge >= 0.3 is 202 Å². The minimum absolute atomic E-state index is 0.0497. The van der Waals surface area contributed by atoms with Gasteiger partial charge in [0, 0.05) is 0 Å². The van der Waals surface area contributed by atoms with Gasteiger partial charge in [-0.2, -0.15) is 0 Å². The van der Waals surface area contributed by atoms with E-state index in [2.05, 4.69) is 6.92 Å². The molecular weight excluding hydrogens is 542 g/mol. The maximum atomic E-state index is 14.7. The van der Waals surface area contributed by atoms with Crippen molar-refractivity contribution in [1.29, 1.82) is 0 Å². The Balaban J connectivity index is 1.72. The maximum absolute atomic E-state index is 14.7. The fourth-order valence-electron chi connectivity index (χ4n) is 3.83. The number of hydrogen-bond donors (Lipinski definition) is 0. The number of amides is 1. The summed E-state index contributed by atoms with van der Waals surface area (Å²) in [5.41, 5.74) is 1.28. The molecule has 0 bridgehead atoms. The standard InChI is InChI=1S/C26H31F3INO2/c1-18(13-15-30-17-31(16-14-23(30)29)25(32)33-26(2,3)4)24(19-5-9-21(27)10-6-19)20-7-11-22(28)12-8-20/h5-12,14,18,24H,13,15-17H2,1-4H3. The molecule has 0 radical (unpaired) electrons. The average molecular weight is 573 g/mol. The number of alkyl halides is 2. The summed E-state index contributed by atoms with van der Waals surface area (Å²) >= 11 is -2.21. The molecule has 33 heavy (non-hydrogen) atoms. The van der Waals surface area contributed by atoms with Crippen molar-refractivity contribution < 1.29 is 22.7 Å². The summed E-state index contributed by atoms with van der Waals surface area (Å²) in [5.74, 6) is -0.577. The molecule has 180 valence electrons. The van der Waals surface area contributed by atoms with Crippen molar-refractivity contribution in [1.82, 2.24) is 4.90 Å². The van der Waals surface area contributed by atoms with E-state index in [-0.39, 0.29) is 33.8 Å². The molecule has 2 aromatic rings. The number of benzene rings is 2. The van der Waals surface area contributed by atoms with Gasteiger partial charge in [-0.15, -0.1) is 0 Å². The Morgan fingerprint density at radius 1 is 1.00 bits per heavy atom. The Morgan fingerprint density at radius 3 is 2.00 bits per heavy atom. The average Bonchev–Trinajstić information content (AvgIpc) is 2.75. The van der Waals surface area contributed by atoms with Crippen LogP contribution in [0.25, 0.3) is 0 Å². The molecule has 0 saturated heterocycles. The van der Waals surface area contributed by atoms with Gasteiger partial charge in [-0.3, -0.25) is 0 Å². The molecular formula is C26H31F3INO2. The second kappa shape index (κ2) is 10.9. The third kappa shape index (κ3) is 7.22. The number of carbonyl (C=O) groups is 1. The van der Waals surface area contributed by atoms with Crippen LogP contribution in [0.5, 0.6) is 0 Å². The Labute approximate surface area is 201 Å². The molecule has 3 nitrogen and oxygen atoms in total. The van der Waals surface area contributed by atoms with Crippen LogP contribution >= 0.6 is 19.8 Å². The summed E-state index contributed by atoms with van der Waals surface area (Å²) in [6.45, 7) is 7.76. The molecule has 1 heterocycles. The molecule has 0 aromatic heterocycles. The van der Waals surface area contributed by atoms with Gasteiger partial charge in [0.15, 0.2) is 0 Å².